The van der Waals surface area contributed by atoms with Crippen LogP contribution in [0.5, 0.6) is 5.75 Å². The second-order valence-corrected chi connectivity index (χ2v) is 4.28. The lowest BCUT2D eigenvalue weighted by atomic mass is 10.2. The molecule has 0 fully saturated rings. The Kier molecular flexibility index (Phi) is 4.53. The molecule has 1 heterocycles. The third kappa shape index (κ3) is 3.45. The van der Waals surface area contributed by atoms with Crippen LogP contribution >= 0.6 is 11.6 Å². The highest BCUT2D eigenvalue weighted by Crippen LogP contribution is 2.17. The summed E-state index contributed by atoms with van der Waals surface area (Å²) in [4.78, 5) is 15.4. The number of aromatic nitrogens is 1. The van der Waals surface area contributed by atoms with Crippen molar-refractivity contribution in [3.8, 4) is 5.75 Å². The normalized spacial score (nSPS) is 10.2. The zero-order valence-electron chi connectivity index (χ0n) is 10.6. The monoisotopic (exact) mass is 295 g/mol. The minimum Gasteiger partial charge on any atom is -0.497 e. The summed E-state index contributed by atoms with van der Waals surface area (Å²) in [6.45, 7) is 0.0306. The summed E-state index contributed by atoms with van der Waals surface area (Å²) in [5, 5.41) is -0.0953. The molecule has 0 atom stereocenters. The maximum atomic E-state index is 13.0. The average Bonchev–Trinajstić information content (AvgIpc) is 2.47. The highest BCUT2D eigenvalue weighted by Gasteiger charge is 2.14. The predicted molar refractivity (Wildman–Crippen MR) is 71.3 cm³/mol. The summed E-state index contributed by atoms with van der Waals surface area (Å²) in [7, 11) is 1.54. The average molecular weight is 296 g/mol. The molecule has 0 aliphatic heterocycles. The molecule has 0 bridgehead atoms. The van der Waals surface area contributed by atoms with Crippen LogP contribution in [-0.2, 0) is 11.3 Å². The number of hydrogen-bond acceptors (Lipinski definition) is 4. The molecule has 2 rings (SSSR count). The fourth-order valence-corrected chi connectivity index (χ4v) is 1.74. The molecule has 1 aromatic carbocycles. The Labute approximate surface area is 120 Å². The van der Waals surface area contributed by atoms with Crippen molar-refractivity contribution in [2.45, 2.75) is 6.61 Å². The fraction of sp³-hybridized carbons (Fsp3) is 0.143. The van der Waals surface area contributed by atoms with Crippen LogP contribution in [0.1, 0.15) is 15.9 Å². The fourth-order valence-electron chi connectivity index (χ4n) is 1.55. The molecular weight excluding hydrogens is 285 g/mol. The van der Waals surface area contributed by atoms with Crippen molar-refractivity contribution in [3.05, 3.63) is 58.6 Å². The number of halogens is 2. The van der Waals surface area contributed by atoms with Gasteiger partial charge in [-0.1, -0.05) is 23.7 Å². The summed E-state index contributed by atoms with van der Waals surface area (Å²) in [5.41, 5.74) is 0.646. The van der Waals surface area contributed by atoms with Gasteiger partial charge < -0.3 is 9.47 Å². The molecule has 4 nitrogen and oxygen atoms in total. The smallest absolute Gasteiger partial charge is 0.341 e. The molecule has 0 saturated carbocycles. The highest BCUT2D eigenvalue weighted by molar-refractivity contribution is 6.32. The summed E-state index contributed by atoms with van der Waals surface area (Å²) >= 11 is 5.72. The highest BCUT2D eigenvalue weighted by atomic mass is 35.5. The van der Waals surface area contributed by atoms with Crippen LogP contribution in [0.2, 0.25) is 5.15 Å². The number of nitrogens with zero attached hydrogens (tertiary/aromatic N) is 1. The summed E-state index contributed by atoms with van der Waals surface area (Å²) < 4.78 is 23.1. The largest absolute Gasteiger partial charge is 0.497 e. The van der Waals surface area contributed by atoms with Gasteiger partial charge in [-0.25, -0.2) is 14.2 Å². The minimum atomic E-state index is -0.732. The van der Waals surface area contributed by atoms with Gasteiger partial charge in [0.05, 0.1) is 18.9 Å². The molecule has 0 aliphatic rings. The number of hydrogen-bond donors (Lipinski definition) is 0. The maximum absolute atomic E-state index is 13.0. The summed E-state index contributed by atoms with van der Waals surface area (Å²) in [5.74, 6) is -0.725. The summed E-state index contributed by atoms with van der Waals surface area (Å²) in [6, 6.07) is 8.06. The zero-order chi connectivity index (χ0) is 14.5. The van der Waals surface area contributed by atoms with E-state index in [1.165, 1.54) is 0 Å². The van der Waals surface area contributed by atoms with Gasteiger partial charge in [0.1, 0.15) is 23.3 Å². The van der Waals surface area contributed by atoms with Gasteiger partial charge in [-0.15, -0.1) is 0 Å². The van der Waals surface area contributed by atoms with Gasteiger partial charge in [0, 0.05) is 0 Å². The molecule has 0 spiro atoms. The van der Waals surface area contributed by atoms with Gasteiger partial charge in [-0.2, -0.15) is 0 Å². The van der Waals surface area contributed by atoms with Crippen molar-refractivity contribution >= 4 is 17.6 Å². The molecule has 0 aliphatic carbocycles. The zero-order valence-corrected chi connectivity index (χ0v) is 11.4. The number of esters is 1. The molecule has 104 valence electrons. The first-order valence-corrected chi connectivity index (χ1v) is 6.09. The Morgan fingerprint density at radius 3 is 2.95 bits per heavy atom. The van der Waals surface area contributed by atoms with E-state index in [2.05, 4.69) is 4.98 Å². The van der Waals surface area contributed by atoms with Crippen molar-refractivity contribution in [2.24, 2.45) is 0 Å². The molecule has 0 radical (unpaired) electrons. The maximum Gasteiger partial charge on any atom is 0.341 e. The van der Waals surface area contributed by atoms with Gasteiger partial charge in [-0.3, -0.25) is 0 Å². The molecular formula is C14H11ClFNO3. The van der Waals surface area contributed by atoms with E-state index in [0.717, 1.165) is 17.8 Å². The van der Waals surface area contributed by atoms with E-state index < -0.39 is 11.8 Å². The molecule has 20 heavy (non-hydrogen) atoms. The van der Waals surface area contributed by atoms with Gasteiger partial charge in [0.2, 0.25) is 0 Å². The first-order valence-electron chi connectivity index (χ1n) is 5.71. The Bertz CT molecular complexity index is 634. The molecule has 2 aromatic rings. The van der Waals surface area contributed by atoms with Crippen LogP contribution in [0.25, 0.3) is 0 Å². The number of carbonyl (C=O) groups excluding carboxylic acids is 1. The third-order valence-electron chi connectivity index (χ3n) is 2.53. The van der Waals surface area contributed by atoms with Crippen LogP contribution in [0.15, 0.2) is 36.5 Å². The number of carbonyl (C=O) groups is 1. The lowest BCUT2D eigenvalue weighted by Gasteiger charge is -2.07. The topological polar surface area (TPSA) is 48.4 Å². The molecule has 0 unspecified atom stereocenters. The first-order chi connectivity index (χ1) is 9.60. The molecule has 0 N–H and O–H groups in total. The van der Waals surface area contributed by atoms with Crippen molar-refractivity contribution in [2.75, 3.05) is 7.11 Å². The van der Waals surface area contributed by atoms with Crippen molar-refractivity contribution in [1.82, 2.24) is 4.98 Å². The van der Waals surface area contributed by atoms with E-state index in [1.807, 2.05) is 0 Å². The van der Waals surface area contributed by atoms with E-state index in [4.69, 9.17) is 21.1 Å². The van der Waals surface area contributed by atoms with Crippen molar-refractivity contribution in [1.29, 1.82) is 0 Å². The van der Waals surface area contributed by atoms with E-state index in [0.29, 0.717) is 5.75 Å². The van der Waals surface area contributed by atoms with Gasteiger partial charge in [0.25, 0.3) is 0 Å². The standard InChI is InChI=1S/C14H11ClFNO3/c1-19-11-4-2-3-9(5-11)8-20-14(18)12-6-10(16)7-17-13(12)15/h2-7H,8H2,1H3. The van der Waals surface area contributed by atoms with Crippen LogP contribution < -0.4 is 4.74 Å². The molecule has 6 heteroatoms. The first kappa shape index (κ1) is 14.3. The van der Waals surface area contributed by atoms with E-state index in [9.17, 15) is 9.18 Å². The van der Waals surface area contributed by atoms with Crippen LogP contribution in [0.3, 0.4) is 0 Å². The predicted octanol–water partition coefficient (Wildman–Crippen LogP) is 3.24. The Hall–Kier alpha value is -2.14. The lowest BCUT2D eigenvalue weighted by Crippen LogP contribution is -2.07. The van der Waals surface area contributed by atoms with Crippen LogP contribution in [0, 0.1) is 5.82 Å². The van der Waals surface area contributed by atoms with E-state index in [1.54, 1.807) is 31.4 Å². The second kappa shape index (κ2) is 6.34. The minimum absolute atomic E-state index is 0.0306. The SMILES string of the molecule is COc1cccc(COC(=O)c2cc(F)cnc2Cl)c1. The van der Waals surface area contributed by atoms with Gasteiger partial charge >= 0.3 is 5.97 Å². The number of benzene rings is 1. The van der Waals surface area contributed by atoms with E-state index >= 15 is 0 Å². The Morgan fingerprint density at radius 2 is 2.20 bits per heavy atom. The molecule has 1 aromatic heterocycles. The third-order valence-corrected chi connectivity index (χ3v) is 2.83. The quantitative estimate of drug-likeness (QED) is 0.642. The second-order valence-electron chi connectivity index (χ2n) is 3.92. The van der Waals surface area contributed by atoms with Crippen LogP contribution in [0.4, 0.5) is 4.39 Å². The van der Waals surface area contributed by atoms with Gasteiger partial charge in [0.15, 0.2) is 0 Å². The van der Waals surface area contributed by atoms with Crippen molar-refractivity contribution < 1.29 is 18.7 Å². The number of rotatable bonds is 4. The molecule has 0 saturated heterocycles. The Balaban J connectivity index is 2.06. The lowest BCUT2D eigenvalue weighted by molar-refractivity contribution is 0.0471. The van der Waals surface area contributed by atoms with Gasteiger partial charge in [-0.05, 0) is 23.8 Å². The summed E-state index contributed by atoms with van der Waals surface area (Å²) in [6.07, 6.45) is 0.932. The van der Waals surface area contributed by atoms with Crippen LogP contribution in [-0.4, -0.2) is 18.1 Å². The molecule has 0 amide bonds. The van der Waals surface area contributed by atoms with E-state index in [-0.39, 0.29) is 17.3 Å². The number of pyridine rings is 1. The number of ether oxygens (including phenoxy) is 2. The number of methoxy groups -OCH3 is 1. The Morgan fingerprint density at radius 1 is 1.40 bits per heavy atom. The van der Waals surface area contributed by atoms with Crippen molar-refractivity contribution in [3.63, 3.8) is 0 Å².